The van der Waals surface area contributed by atoms with E-state index in [0.717, 1.165) is 12.8 Å². The van der Waals surface area contributed by atoms with Crippen molar-refractivity contribution in [1.82, 2.24) is 14.7 Å². The maximum atomic E-state index is 14.4. The summed E-state index contributed by atoms with van der Waals surface area (Å²) in [6.45, 7) is 7.14. The Morgan fingerprint density at radius 1 is 1.14 bits per heavy atom. The lowest BCUT2D eigenvalue weighted by Crippen LogP contribution is -2.37. The van der Waals surface area contributed by atoms with Crippen LogP contribution in [0.5, 0.6) is 5.75 Å². The second-order valence-electron chi connectivity index (χ2n) is 9.41. The van der Waals surface area contributed by atoms with E-state index in [1.807, 2.05) is 18.7 Å². The number of nitrogens with zero attached hydrogens (tertiary/aromatic N) is 3. The first-order valence-corrected chi connectivity index (χ1v) is 13.5. The highest BCUT2D eigenvalue weighted by molar-refractivity contribution is 7.90. The average Bonchev–Trinajstić information content (AvgIpc) is 2.83. The number of hydrogen-bond acceptors (Lipinski definition) is 8. The first-order chi connectivity index (χ1) is 17.5. The minimum Gasteiger partial charge on any atom is -0.491 e. The summed E-state index contributed by atoms with van der Waals surface area (Å²) in [5, 5.41) is -0.365. The first-order valence-electron chi connectivity index (χ1n) is 12.0. The molecule has 1 fully saturated rings. The van der Waals surface area contributed by atoms with Crippen LogP contribution >= 0.6 is 0 Å². The highest BCUT2D eigenvalue weighted by Gasteiger charge is 2.27. The van der Waals surface area contributed by atoms with Crippen molar-refractivity contribution in [3.63, 3.8) is 0 Å². The van der Waals surface area contributed by atoms with Gasteiger partial charge in [-0.15, -0.1) is 0 Å². The molecular formula is C26H30FN5O4S. The number of nitrogens with two attached hydrogens (primary N) is 1. The molecule has 0 bridgehead atoms. The van der Waals surface area contributed by atoms with Crippen LogP contribution in [0.2, 0.25) is 0 Å². The summed E-state index contributed by atoms with van der Waals surface area (Å²) in [6, 6.07) is 11.5. The number of anilines is 2. The van der Waals surface area contributed by atoms with Crippen molar-refractivity contribution in [2.75, 3.05) is 23.7 Å². The van der Waals surface area contributed by atoms with Gasteiger partial charge in [-0.2, -0.15) is 8.42 Å². The van der Waals surface area contributed by atoms with Gasteiger partial charge in [0.15, 0.2) is 5.03 Å². The van der Waals surface area contributed by atoms with E-state index < -0.39 is 21.7 Å². The van der Waals surface area contributed by atoms with E-state index in [2.05, 4.69) is 16.6 Å². The Morgan fingerprint density at radius 2 is 1.86 bits per heavy atom. The van der Waals surface area contributed by atoms with Crippen LogP contribution in [0.3, 0.4) is 0 Å². The molecule has 2 aromatic heterocycles. The number of sulfonamides is 1. The second-order valence-corrected chi connectivity index (χ2v) is 11.0. The van der Waals surface area contributed by atoms with Gasteiger partial charge in [0, 0.05) is 24.7 Å². The van der Waals surface area contributed by atoms with Crippen molar-refractivity contribution in [2.45, 2.75) is 44.7 Å². The maximum Gasteiger partial charge on any atom is 0.281 e. The van der Waals surface area contributed by atoms with Gasteiger partial charge in [0.05, 0.1) is 17.4 Å². The quantitative estimate of drug-likeness (QED) is 0.472. The van der Waals surface area contributed by atoms with Gasteiger partial charge in [0.1, 0.15) is 23.2 Å². The van der Waals surface area contributed by atoms with E-state index in [9.17, 15) is 17.6 Å². The molecule has 3 aromatic rings. The second kappa shape index (κ2) is 10.7. The Morgan fingerprint density at radius 3 is 2.54 bits per heavy atom. The van der Waals surface area contributed by atoms with Gasteiger partial charge in [-0.1, -0.05) is 13.0 Å². The molecule has 1 aliphatic heterocycles. The number of nitrogens with one attached hydrogen (secondary N) is 1. The molecule has 0 spiro atoms. The monoisotopic (exact) mass is 527 g/mol. The van der Waals surface area contributed by atoms with Gasteiger partial charge < -0.3 is 15.4 Å². The van der Waals surface area contributed by atoms with Crippen LogP contribution in [0.15, 0.2) is 53.6 Å². The van der Waals surface area contributed by atoms with Gasteiger partial charge in [0.2, 0.25) is 0 Å². The van der Waals surface area contributed by atoms with Crippen molar-refractivity contribution in [2.24, 2.45) is 5.92 Å². The summed E-state index contributed by atoms with van der Waals surface area (Å²) >= 11 is 0. The van der Waals surface area contributed by atoms with E-state index in [1.165, 1.54) is 36.4 Å². The van der Waals surface area contributed by atoms with Crippen molar-refractivity contribution in [3.8, 4) is 17.0 Å². The highest BCUT2D eigenvalue weighted by Crippen LogP contribution is 2.30. The topological polar surface area (TPSA) is 128 Å². The Kier molecular flexibility index (Phi) is 7.63. The zero-order valence-electron chi connectivity index (χ0n) is 20.9. The van der Waals surface area contributed by atoms with Gasteiger partial charge in [-0.05, 0) is 69.0 Å². The number of carbonyl (C=O) groups is 1. The Bertz CT molecular complexity index is 1410. The molecule has 3 heterocycles. The molecule has 3 N–H and O–H groups in total. The summed E-state index contributed by atoms with van der Waals surface area (Å²) in [5.74, 6) is -0.104. The van der Waals surface area contributed by atoms with Gasteiger partial charge in [-0.25, -0.2) is 19.1 Å². The smallest absolute Gasteiger partial charge is 0.281 e. The number of aromatic nitrogens is 2. The third kappa shape index (κ3) is 6.34. The largest absolute Gasteiger partial charge is 0.491 e. The normalized spacial score (nSPS) is 14.6. The Balaban J connectivity index is 1.72. The number of piperidine rings is 1. The average molecular weight is 528 g/mol. The van der Waals surface area contributed by atoms with E-state index in [1.54, 1.807) is 12.1 Å². The summed E-state index contributed by atoms with van der Waals surface area (Å²) in [5.41, 5.74) is 6.60. The third-order valence-corrected chi connectivity index (χ3v) is 7.22. The first kappa shape index (κ1) is 26.3. The Hall–Kier alpha value is -3.73. The van der Waals surface area contributed by atoms with Crippen LogP contribution in [0.25, 0.3) is 11.3 Å². The summed E-state index contributed by atoms with van der Waals surface area (Å²) in [7, 11) is -4.27. The van der Waals surface area contributed by atoms with Gasteiger partial charge in [-0.3, -0.25) is 4.79 Å². The predicted octanol–water partition coefficient (Wildman–Crippen LogP) is 4.01. The number of hydrogen-bond donors (Lipinski definition) is 2. The minimum atomic E-state index is -4.27. The summed E-state index contributed by atoms with van der Waals surface area (Å²) in [6.07, 6.45) is 1.64. The summed E-state index contributed by atoms with van der Waals surface area (Å²) in [4.78, 5) is 23.7. The van der Waals surface area contributed by atoms with Crippen molar-refractivity contribution in [3.05, 3.63) is 59.9 Å². The van der Waals surface area contributed by atoms with Crippen LogP contribution in [-0.2, 0) is 10.0 Å². The molecule has 11 heteroatoms. The number of rotatable bonds is 7. The highest BCUT2D eigenvalue weighted by atomic mass is 32.2. The molecule has 0 unspecified atom stereocenters. The van der Waals surface area contributed by atoms with Crippen LogP contribution in [0.4, 0.5) is 16.0 Å². The molecule has 0 radical (unpaired) electrons. The lowest BCUT2D eigenvalue weighted by Gasteiger charge is -2.32. The SMILES string of the molecule is CC1CCN(c2nc(-c3cc(F)cc(OC(C)C)c3)ccc2C(=O)NS(=O)(=O)c2cccc(N)n2)CC1. The van der Waals surface area contributed by atoms with Crippen LogP contribution in [0.1, 0.15) is 44.0 Å². The number of amides is 1. The molecule has 9 nitrogen and oxygen atoms in total. The van der Waals surface area contributed by atoms with E-state index in [4.69, 9.17) is 15.5 Å². The van der Waals surface area contributed by atoms with E-state index >= 15 is 0 Å². The molecule has 1 aliphatic rings. The molecule has 1 amide bonds. The standard InChI is InChI=1S/C26H30FN5O4S/c1-16(2)36-20-14-18(13-19(27)15-20)22-8-7-21(25(29-22)32-11-9-17(3)10-12-32)26(33)31-37(34,35)24-6-4-5-23(28)30-24/h4-8,13-17H,9-12H2,1-3H3,(H2,28,30)(H,31,33). The molecule has 0 atom stereocenters. The number of nitrogen functional groups attached to an aromatic ring is 1. The van der Waals surface area contributed by atoms with Gasteiger partial charge in [0.25, 0.3) is 15.9 Å². The summed E-state index contributed by atoms with van der Waals surface area (Å²) < 4.78 is 47.7. The van der Waals surface area contributed by atoms with E-state index in [-0.39, 0.29) is 22.5 Å². The van der Waals surface area contributed by atoms with Gasteiger partial charge >= 0.3 is 0 Å². The predicted molar refractivity (Wildman–Crippen MR) is 139 cm³/mol. The molecular weight excluding hydrogens is 497 g/mol. The molecule has 0 aliphatic carbocycles. The zero-order chi connectivity index (χ0) is 26.7. The number of carbonyl (C=O) groups excluding carboxylic acids is 1. The fraction of sp³-hybridized carbons (Fsp3) is 0.346. The fourth-order valence-electron chi connectivity index (χ4n) is 4.11. The van der Waals surface area contributed by atoms with E-state index in [0.29, 0.717) is 41.8 Å². The molecule has 1 saturated heterocycles. The minimum absolute atomic E-state index is 0.0142. The van der Waals surface area contributed by atoms with Crippen molar-refractivity contribution in [1.29, 1.82) is 0 Å². The number of pyridine rings is 2. The van der Waals surface area contributed by atoms with Crippen LogP contribution in [0, 0.1) is 11.7 Å². The zero-order valence-corrected chi connectivity index (χ0v) is 21.8. The van der Waals surface area contributed by atoms with Crippen LogP contribution < -0.4 is 20.1 Å². The Labute approximate surface area is 215 Å². The molecule has 4 rings (SSSR count). The lowest BCUT2D eigenvalue weighted by atomic mass is 9.98. The van der Waals surface area contributed by atoms with Crippen molar-refractivity contribution >= 4 is 27.6 Å². The molecule has 37 heavy (non-hydrogen) atoms. The molecule has 0 saturated carbocycles. The number of ether oxygens (including phenoxy) is 1. The number of benzene rings is 1. The lowest BCUT2D eigenvalue weighted by molar-refractivity contribution is 0.0981. The number of halogens is 1. The molecule has 196 valence electrons. The third-order valence-electron chi connectivity index (χ3n) is 5.99. The van der Waals surface area contributed by atoms with Crippen LogP contribution in [-0.4, -0.2) is 43.5 Å². The maximum absolute atomic E-state index is 14.4. The fourth-order valence-corrected chi connectivity index (χ4v) is 5.05. The molecule has 1 aromatic carbocycles. The van der Waals surface area contributed by atoms with Crippen molar-refractivity contribution < 1.29 is 22.3 Å².